The van der Waals surface area contributed by atoms with Crippen LogP contribution in [-0.2, 0) is 92.7 Å². The largest absolute Gasteiger partial charge is 0.480 e. The molecule has 2 aromatic heterocycles. The van der Waals surface area contributed by atoms with E-state index in [0.29, 0.717) is 200 Å². The van der Waals surface area contributed by atoms with E-state index in [4.69, 9.17) is 32.4 Å². The number of aliphatic carboxylic acids is 6. The number of aryl methyl sites for hydroxylation is 2. The van der Waals surface area contributed by atoms with Crippen LogP contribution >= 0.6 is 0 Å². The van der Waals surface area contributed by atoms with Gasteiger partial charge >= 0.3 is 47.8 Å². The van der Waals surface area contributed by atoms with Gasteiger partial charge in [-0.15, -0.1) is 0 Å². The molecule has 0 spiro atoms. The number of nitrogens with one attached hydrogen (secondary N) is 6. The Morgan fingerprint density at radius 2 is 0.645 bits per heavy atom. The molecule has 0 aliphatic carbocycles. The molecule has 4 aliphatic heterocycles. The maximum atomic E-state index is 13.4. The number of aromatic amines is 2. The van der Waals surface area contributed by atoms with E-state index in [-0.39, 0.29) is 43.3 Å². The summed E-state index contributed by atoms with van der Waals surface area (Å²) in [4.78, 5) is 160. The van der Waals surface area contributed by atoms with Crippen molar-refractivity contribution < 1.29 is 97.6 Å². The standard InChI is InChI=1S/C25H36N4O5.C23H32N4O5.C22H33N3O5.C20H29N3O5/c1-2-34-25(33)21(13-12-17-16-27-19-9-4-3-8-18(17)19)28-20(10-5-6-14-26)23(30)29-15-7-11-22(29)24(31)32;24-12-4-3-8-18(21(28)27-13-5-9-20(27)23(31)32)26-19(22(29)30)11-10-15-14-25-17-7-2-1-6-16(15)17;1-2-30-22(29)18(15-16-9-4-3-5-10-16)24-17(11-6-7-13-23)20(26)25-14-8-12-19(25)21(27)28;21-11-5-4-9-15(18(24)23-12-6-10-17(23)20(27)28)22-16(19(25)26)13-14-7-2-1-3-8-14/h3-4,8-9,16,20-22,27-28H,2,5-7,10-15,26H2,1H3,(H,31,32);1-2,6-7,14,18-20,25-26H,3-5,8-13,24H2,(H,29,30)(H,31,32);3-5,9-10,17-19,24H,2,6-8,11-15,23H2,1H3,(H,27,28);1-3,7-8,15-17,22H,4-6,9-13,21H2,(H,25,26)(H,27,28)/t20-,21-,22-;18-,19-,20-;17-,18-,19-;15-,16-,17-/m0000/s1. The van der Waals surface area contributed by atoms with E-state index in [0.717, 1.165) is 56.9 Å². The van der Waals surface area contributed by atoms with Crippen LogP contribution in [0.5, 0.6) is 0 Å². The van der Waals surface area contributed by atoms with Crippen LogP contribution in [0.3, 0.4) is 0 Å². The van der Waals surface area contributed by atoms with Crippen LogP contribution in [0.15, 0.2) is 122 Å². The Balaban J connectivity index is 0.000000228. The lowest BCUT2D eigenvalue weighted by molar-refractivity contribution is -0.150. The van der Waals surface area contributed by atoms with Gasteiger partial charge < -0.3 is 92.6 Å². The summed E-state index contributed by atoms with van der Waals surface area (Å²) < 4.78 is 10.5. The molecule has 0 saturated carbocycles. The normalized spacial score (nSPS) is 18.0. The number of likely N-dealkylation sites (tertiary alicyclic amines) is 4. The zero-order chi connectivity index (χ0) is 90.0. The number of nitrogens with zero attached hydrogens (tertiary/aromatic N) is 4. The molecule has 34 heteroatoms. The molecule has 12 atom stereocenters. The van der Waals surface area contributed by atoms with Crippen molar-refractivity contribution in [3.8, 4) is 0 Å². The fraction of sp³-hybridized carbons (Fsp3) is 0.556. The second kappa shape index (κ2) is 53.5. The number of aromatic nitrogens is 2. The molecule has 0 bridgehead atoms. The van der Waals surface area contributed by atoms with Gasteiger partial charge in [0.05, 0.1) is 37.4 Å². The van der Waals surface area contributed by atoms with Gasteiger partial charge in [-0.2, -0.15) is 0 Å². The van der Waals surface area contributed by atoms with Crippen LogP contribution < -0.4 is 44.2 Å². The van der Waals surface area contributed by atoms with Gasteiger partial charge in [-0.25, -0.2) is 19.2 Å². The highest BCUT2D eigenvalue weighted by atomic mass is 16.5. The van der Waals surface area contributed by atoms with Gasteiger partial charge in [-0.1, -0.05) is 123 Å². The highest BCUT2D eigenvalue weighted by Gasteiger charge is 2.43. The van der Waals surface area contributed by atoms with Gasteiger partial charge in [0.25, 0.3) is 0 Å². The predicted molar refractivity (Wildman–Crippen MR) is 466 cm³/mol. The van der Waals surface area contributed by atoms with Gasteiger partial charge in [0.2, 0.25) is 23.6 Å². The third-order valence-electron chi connectivity index (χ3n) is 22.9. The highest BCUT2D eigenvalue weighted by Crippen LogP contribution is 2.28. The Hall–Kier alpha value is -10.7. The summed E-state index contributed by atoms with van der Waals surface area (Å²) in [7, 11) is 0. The fourth-order valence-electron chi connectivity index (χ4n) is 16.4. The van der Waals surface area contributed by atoms with Crippen LogP contribution in [0, 0.1) is 0 Å². The van der Waals surface area contributed by atoms with Crippen molar-refractivity contribution in [3.05, 3.63) is 144 Å². The Kier molecular flexibility index (Phi) is 43.3. The minimum Gasteiger partial charge on any atom is -0.480 e. The van der Waals surface area contributed by atoms with Crippen LogP contribution in [0.2, 0.25) is 0 Å². The van der Waals surface area contributed by atoms with Crippen molar-refractivity contribution in [1.82, 2.24) is 50.8 Å². The average molecular weight is 1730 g/mol. The average Bonchev–Trinajstić information content (AvgIpc) is 1.56. The number of carbonyl (C=O) groups is 12. The van der Waals surface area contributed by atoms with Crippen molar-refractivity contribution in [2.75, 3.05) is 65.6 Å². The first-order chi connectivity index (χ1) is 59.8. The van der Waals surface area contributed by atoms with Gasteiger partial charge in [0.1, 0.15) is 48.3 Å². The van der Waals surface area contributed by atoms with E-state index in [1.807, 2.05) is 122 Å². The Labute approximate surface area is 724 Å². The third-order valence-corrected chi connectivity index (χ3v) is 22.9. The van der Waals surface area contributed by atoms with E-state index in [1.54, 1.807) is 13.8 Å². The van der Waals surface area contributed by atoms with E-state index >= 15 is 0 Å². The number of carboxylic acids is 6. The molecule has 124 heavy (non-hydrogen) atoms. The van der Waals surface area contributed by atoms with E-state index in [1.165, 1.54) is 19.6 Å². The predicted octanol–water partition coefficient (Wildman–Crippen LogP) is 6.08. The molecule has 0 radical (unpaired) electrons. The Morgan fingerprint density at radius 3 is 0.960 bits per heavy atom. The lowest BCUT2D eigenvalue weighted by atomic mass is 10.0. The molecule has 4 aromatic carbocycles. The second-order valence-electron chi connectivity index (χ2n) is 31.7. The molecule has 680 valence electrons. The van der Waals surface area contributed by atoms with Gasteiger partial charge in [-0.05, 0) is 216 Å². The summed E-state index contributed by atoms with van der Waals surface area (Å²) in [5.74, 6) is -8.18. The minimum atomic E-state index is -1.04. The quantitative estimate of drug-likeness (QED) is 0.0152. The maximum absolute atomic E-state index is 13.4. The van der Waals surface area contributed by atoms with E-state index in [9.17, 15) is 88.2 Å². The van der Waals surface area contributed by atoms with Crippen molar-refractivity contribution in [2.24, 2.45) is 22.9 Å². The number of carboxylic acid groups (broad SMARTS) is 6. The third kappa shape index (κ3) is 30.9. The second-order valence-corrected chi connectivity index (χ2v) is 31.7. The van der Waals surface area contributed by atoms with Crippen molar-refractivity contribution >= 4 is 93.2 Å². The topological polar surface area (TPSA) is 541 Å². The lowest BCUT2D eigenvalue weighted by Crippen LogP contribution is -2.55. The molecule has 6 aromatic rings. The van der Waals surface area contributed by atoms with Crippen LogP contribution in [-0.4, -0.2) is 270 Å². The van der Waals surface area contributed by atoms with Crippen molar-refractivity contribution in [2.45, 2.75) is 253 Å². The molecular weight excluding hydrogens is 1600 g/mol. The molecule has 4 fully saturated rings. The van der Waals surface area contributed by atoms with Gasteiger partial charge in [0, 0.05) is 60.4 Å². The molecular formula is C90H130N14O20. The molecule has 34 nitrogen and oxygen atoms in total. The number of para-hydroxylation sites is 2. The van der Waals surface area contributed by atoms with Gasteiger partial charge in [-0.3, -0.25) is 59.6 Å². The molecule has 4 amide bonds. The van der Waals surface area contributed by atoms with Crippen LogP contribution in [0.1, 0.15) is 177 Å². The summed E-state index contributed by atoms with van der Waals surface area (Å²) in [5, 5.41) is 71.8. The Bertz CT molecular complexity index is 4360. The fourth-order valence-corrected chi connectivity index (χ4v) is 16.4. The van der Waals surface area contributed by atoms with E-state index < -0.39 is 120 Å². The first-order valence-corrected chi connectivity index (χ1v) is 43.7. The van der Waals surface area contributed by atoms with Crippen LogP contribution in [0.4, 0.5) is 0 Å². The minimum absolute atomic E-state index is 0.235. The molecule has 20 N–H and O–H groups in total. The van der Waals surface area contributed by atoms with Crippen LogP contribution in [0.25, 0.3) is 21.8 Å². The number of esters is 2. The smallest absolute Gasteiger partial charge is 0.326 e. The molecule has 0 unspecified atom stereocenters. The van der Waals surface area contributed by atoms with Crippen molar-refractivity contribution in [1.29, 1.82) is 0 Å². The molecule has 4 saturated heterocycles. The first kappa shape index (κ1) is 100. The summed E-state index contributed by atoms with van der Waals surface area (Å²) in [6.07, 6.45) is 18.0. The number of rotatable bonds is 48. The maximum Gasteiger partial charge on any atom is 0.326 e. The monoisotopic (exact) mass is 1730 g/mol. The lowest BCUT2D eigenvalue weighted by Gasteiger charge is -2.30. The number of carbonyl (C=O) groups excluding carboxylic acids is 6. The zero-order valence-corrected chi connectivity index (χ0v) is 71.4. The first-order valence-electron chi connectivity index (χ1n) is 43.7. The summed E-state index contributed by atoms with van der Waals surface area (Å²) in [6.45, 7) is 7.51. The van der Waals surface area contributed by atoms with Crippen molar-refractivity contribution in [3.63, 3.8) is 0 Å². The number of amides is 4. The highest BCUT2D eigenvalue weighted by molar-refractivity contribution is 5.92. The Morgan fingerprint density at radius 1 is 0.363 bits per heavy atom. The number of hydrogen-bond acceptors (Lipinski definition) is 22. The molecule has 4 aliphatic rings. The SMILES string of the molecule is CCOC(=O)[C@H](CCc1c[nH]c2ccccc12)N[C@@H](CCCCN)C(=O)N1CCC[C@H]1C(=O)O.CCOC(=O)[C@H](Cc1ccccc1)N[C@@H](CCCCN)C(=O)N1CCC[C@H]1C(=O)O.NCCCC[C@H](N[C@@H](CCc1c[nH]c2ccccc12)C(=O)O)C(=O)N1CCC[C@H]1C(=O)O.NCCCC[C@H](N[C@@H](Cc1ccccc1)C(=O)O)C(=O)N1CCC[C@H]1C(=O)O. The van der Waals surface area contributed by atoms with E-state index in [2.05, 4.69) is 31.2 Å². The number of unbranched alkanes of at least 4 members (excludes halogenated alkanes) is 4. The zero-order valence-electron chi connectivity index (χ0n) is 71.4. The summed E-state index contributed by atoms with van der Waals surface area (Å²) in [6, 6.07) is 25.1. The number of H-pyrrole nitrogens is 2. The van der Waals surface area contributed by atoms with Gasteiger partial charge in [0.15, 0.2) is 0 Å². The summed E-state index contributed by atoms with van der Waals surface area (Å²) in [5.41, 5.74) is 28.3. The number of nitrogens with two attached hydrogens (primary N) is 4. The number of ether oxygens (including phenoxy) is 2. The molecule has 6 heterocycles. The number of benzene rings is 4. The summed E-state index contributed by atoms with van der Waals surface area (Å²) >= 11 is 0. The molecule has 10 rings (SSSR count). The number of hydrogen-bond donors (Lipinski definition) is 16. The number of fused-ring (bicyclic) bond motifs is 2.